The fourth-order valence-electron chi connectivity index (χ4n) is 2.40. The summed E-state index contributed by atoms with van der Waals surface area (Å²) in [6.45, 7) is 1.90. The van der Waals surface area contributed by atoms with Crippen molar-refractivity contribution in [2.45, 2.75) is 45.1 Å². The molecule has 1 aliphatic rings. The maximum atomic E-state index is 4.19. The molecule has 1 saturated carbocycles. The summed E-state index contributed by atoms with van der Waals surface area (Å²) in [5.74, 6) is 1.85. The summed E-state index contributed by atoms with van der Waals surface area (Å²) in [6.07, 6.45) is 12.1. The van der Waals surface area contributed by atoms with Crippen LogP contribution in [0.2, 0.25) is 0 Å². The van der Waals surface area contributed by atoms with Crippen molar-refractivity contribution in [3.05, 3.63) is 24.3 Å². The minimum Gasteiger partial charge on any atom is -0.310 e. The monoisotopic (exact) mass is 219 g/mol. The third-order valence-corrected chi connectivity index (χ3v) is 3.36. The Hall–Kier alpha value is -0.960. The molecule has 1 aromatic rings. The third-order valence-electron chi connectivity index (χ3n) is 3.36. The molecule has 0 amide bonds. The smallest absolute Gasteiger partial charge is 0.141 e. The molecule has 1 fully saturated rings. The van der Waals surface area contributed by atoms with Crippen LogP contribution < -0.4 is 5.32 Å². The highest BCUT2D eigenvalue weighted by Crippen LogP contribution is 2.25. The van der Waals surface area contributed by atoms with Gasteiger partial charge in [-0.05, 0) is 24.9 Å². The first-order valence-electron chi connectivity index (χ1n) is 6.42. The average molecular weight is 219 g/mol. The van der Waals surface area contributed by atoms with Crippen LogP contribution >= 0.6 is 0 Å². The zero-order valence-electron chi connectivity index (χ0n) is 9.86. The van der Waals surface area contributed by atoms with Crippen molar-refractivity contribution in [2.24, 2.45) is 5.92 Å². The van der Waals surface area contributed by atoms with Crippen LogP contribution in [0, 0.1) is 5.92 Å². The molecule has 1 N–H and O–H groups in total. The van der Waals surface area contributed by atoms with Crippen molar-refractivity contribution in [1.29, 1.82) is 0 Å². The van der Waals surface area contributed by atoms with Gasteiger partial charge in [-0.25, -0.2) is 9.97 Å². The molecular formula is C13H21N3. The Bertz CT molecular complexity index is 280. The van der Waals surface area contributed by atoms with E-state index in [0.717, 1.165) is 24.8 Å². The number of aromatic nitrogens is 2. The van der Waals surface area contributed by atoms with Crippen LogP contribution in [0.4, 0.5) is 0 Å². The standard InChI is InChI=1S/C13H21N3/c1-2-5-12(6-3-1)7-10-14-11-13-15-8-4-9-16-13/h4,8-9,12,14H,1-3,5-7,10-11H2. The van der Waals surface area contributed by atoms with Gasteiger partial charge in [0.15, 0.2) is 0 Å². The summed E-state index contributed by atoms with van der Waals surface area (Å²) in [6, 6.07) is 1.85. The number of nitrogens with one attached hydrogen (secondary N) is 1. The molecule has 3 heteroatoms. The van der Waals surface area contributed by atoms with Gasteiger partial charge in [-0.1, -0.05) is 32.1 Å². The largest absolute Gasteiger partial charge is 0.310 e. The van der Waals surface area contributed by atoms with Crippen LogP contribution in [0.15, 0.2) is 18.5 Å². The minimum absolute atomic E-state index is 0.799. The normalized spacial score (nSPS) is 17.5. The Balaban J connectivity index is 1.58. The molecule has 0 spiro atoms. The number of hydrogen-bond acceptors (Lipinski definition) is 3. The number of hydrogen-bond donors (Lipinski definition) is 1. The van der Waals surface area contributed by atoms with E-state index in [1.54, 1.807) is 12.4 Å². The second kappa shape index (κ2) is 6.59. The Labute approximate surface area is 97.7 Å². The summed E-state index contributed by atoms with van der Waals surface area (Å²) >= 11 is 0. The maximum absolute atomic E-state index is 4.19. The van der Waals surface area contributed by atoms with Crippen molar-refractivity contribution < 1.29 is 0 Å². The highest BCUT2D eigenvalue weighted by Gasteiger charge is 2.12. The fraction of sp³-hybridized carbons (Fsp3) is 0.692. The molecule has 1 aromatic heterocycles. The van der Waals surface area contributed by atoms with Gasteiger partial charge in [0.2, 0.25) is 0 Å². The molecule has 0 saturated heterocycles. The number of nitrogens with zero attached hydrogens (tertiary/aromatic N) is 2. The van der Waals surface area contributed by atoms with Crippen LogP contribution in [0.25, 0.3) is 0 Å². The van der Waals surface area contributed by atoms with Crippen molar-refractivity contribution in [3.8, 4) is 0 Å². The second-order valence-corrected chi connectivity index (χ2v) is 4.63. The highest BCUT2D eigenvalue weighted by molar-refractivity contribution is 4.87. The van der Waals surface area contributed by atoms with Crippen LogP contribution in [0.5, 0.6) is 0 Å². The van der Waals surface area contributed by atoms with E-state index in [4.69, 9.17) is 0 Å². The molecule has 0 aliphatic heterocycles. The van der Waals surface area contributed by atoms with Crippen LogP contribution in [0.1, 0.15) is 44.3 Å². The zero-order valence-corrected chi connectivity index (χ0v) is 9.86. The van der Waals surface area contributed by atoms with Gasteiger partial charge >= 0.3 is 0 Å². The second-order valence-electron chi connectivity index (χ2n) is 4.63. The molecule has 2 rings (SSSR count). The quantitative estimate of drug-likeness (QED) is 0.773. The van der Waals surface area contributed by atoms with Gasteiger partial charge in [0.05, 0.1) is 6.54 Å². The van der Waals surface area contributed by atoms with Gasteiger partial charge in [0.25, 0.3) is 0 Å². The van der Waals surface area contributed by atoms with Crippen LogP contribution in [-0.2, 0) is 6.54 Å². The molecule has 16 heavy (non-hydrogen) atoms. The molecule has 0 radical (unpaired) electrons. The van der Waals surface area contributed by atoms with E-state index in [2.05, 4.69) is 15.3 Å². The number of rotatable bonds is 5. The lowest BCUT2D eigenvalue weighted by Crippen LogP contribution is -2.20. The first-order valence-corrected chi connectivity index (χ1v) is 6.42. The van der Waals surface area contributed by atoms with Crippen LogP contribution in [0.3, 0.4) is 0 Å². The predicted octanol–water partition coefficient (Wildman–Crippen LogP) is 2.54. The predicted molar refractivity (Wildman–Crippen MR) is 64.9 cm³/mol. The lowest BCUT2D eigenvalue weighted by atomic mass is 9.87. The van der Waals surface area contributed by atoms with E-state index >= 15 is 0 Å². The molecule has 3 nitrogen and oxygen atoms in total. The van der Waals surface area contributed by atoms with Gasteiger partial charge in [0, 0.05) is 12.4 Å². The molecule has 1 aliphatic carbocycles. The summed E-state index contributed by atoms with van der Waals surface area (Å²) in [7, 11) is 0. The van der Waals surface area contributed by atoms with Crippen molar-refractivity contribution >= 4 is 0 Å². The van der Waals surface area contributed by atoms with Crippen molar-refractivity contribution in [3.63, 3.8) is 0 Å². The highest BCUT2D eigenvalue weighted by atomic mass is 14.9. The zero-order chi connectivity index (χ0) is 11.1. The summed E-state index contributed by atoms with van der Waals surface area (Å²) in [4.78, 5) is 8.38. The van der Waals surface area contributed by atoms with E-state index < -0.39 is 0 Å². The first kappa shape index (κ1) is 11.5. The summed E-state index contributed by atoms with van der Waals surface area (Å²) in [5, 5.41) is 3.42. The topological polar surface area (TPSA) is 37.8 Å². The lowest BCUT2D eigenvalue weighted by Gasteiger charge is -2.21. The third kappa shape index (κ3) is 3.89. The van der Waals surface area contributed by atoms with Gasteiger partial charge in [-0.3, -0.25) is 0 Å². The van der Waals surface area contributed by atoms with Gasteiger partial charge in [-0.15, -0.1) is 0 Å². The van der Waals surface area contributed by atoms with E-state index in [0.29, 0.717) is 0 Å². The van der Waals surface area contributed by atoms with E-state index in [1.165, 1.54) is 38.5 Å². The SMILES string of the molecule is c1cnc(CNCCC2CCCCC2)nc1. The van der Waals surface area contributed by atoms with E-state index in [-0.39, 0.29) is 0 Å². The molecule has 0 unspecified atom stereocenters. The molecule has 0 atom stereocenters. The molecule has 0 aromatic carbocycles. The Morgan fingerprint density at radius 2 is 1.88 bits per heavy atom. The maximum Gasteiger partial charge on any atom is 0.141 e. The molecule has 88 valence electrons. The summed E-state index contributed by atoms with van der Waals surface area (Å²) in [5.41, 5.74) is 0. The molecule has 0 bridgehead atoms. The summed E-state index contributed by atoms with van der Waals surface area (Å²) < 4.78 is 0. The van der Waals surface area contributed by atoms with Crippen molar-refractivity contribution in [1.82, 2.24) is 15.3 Å². The van der Waals surface area contributed by atoms with Crippen LogP contribution in [-0.4, -0.2) is 16.5 Å². The average Bonchev–Trinajstić information content (AvgIpc) is 2.37. The minimum atomic E-state index is 0.799. The lowest BCUT2D eigenvalue weighted by molar-refractivity contribution is 0.333. The fourth-order valence-corrected chi connectivity index (χ4v) is 2.40. The molecular weight excluding hydrogens is 198 g/mol. The first-order chi connectivity index (χ1) is 7.95. The van der Waals surface area contributed by atoms with E-state index in [9.17, 15) is 0 Å². The molecule has 1 heterocycles. The van der Waals surface area contributed by atoms with E-state index in [1.807, 2.05) is 6.07 Å². The Morgan fingerprint density at radius 1 is 1.12 bits per heavy atom. The Kier molecular flexibility index (Phi) is 4.74. The van der Waals surface area contributed by atoms with Crippen molar-refractivity contribution in [2.75, 3.05) is 6.54 Å². The Morgan fingerprint density at radius 3 is 2.62 bits per heavy atom. The van der Waals surface area contributed by atoms with Gasteiger partial charge in [-0.2, -0.15) is 0 Å². The van der Waals surface area contributed by atoms with Gasteiger partial charge < -0.3 is 5.32 Å². The van der Waals surface area contributed by atoms with Gasteiger partial charge in [0.1, 0.15) is 5.82 Å².